The van der Waals surface area contributed by atoms with E-state index in [2.05, 4.69) is 15.9 Å². The number of nitrogen functional groups attached to an aromatic ring is 1. The van der Waals surface area contributed by atoms with E-state index in [1.807, 2.05) is 0 Å². The first kappa shape index (κ1) is 13.5. The fraction of sp³-hybridized carbons (Fsp3) is 0.143. The van der Waals surface area contributed by atoms with Gasteiger partial charge in [0.1, 0.15) is 0 Å². The van der Waals surface area contributed by atoms with Gasteiger partial charge in [0.05, 0.1) is 10.6 Å². The van der Waals surface area contributed by atoms with Gasteiger partial charge < -0.3 is 5.73 Å². The van der Waals surface area contributed by atoms with E-state index in [9.17, 15) is 8.42 Å². The Balaban J connectivity index is 2.07. The summed E-state index contributed by atoms with van der Waals surface area (Å²) >= 11 is 3.31. The Labute approximate surface area is 126 Å². The number of benzene rings is 2. The predicted molar refractivity (Wildman–Crippen MR) is 83.2 cm³/mol. The molecule has 0 bridgehead atoms. The molecule has 1 heterocycles. The van der Waals surface area contributed by atoms with E-state index in [0.29, 0.717) is 24.3 Å². The number of anilines is 2. The average molecular weight is 353 g/mol. The summed E-state index contributed by atoms with van der Waals surface area (Å²) in [6.45, 7) is 0.432. The van der Waals surface area contributed by atoms with Gasteiger partial charge in [-0.05, 0) is 42.8 Å². The molecule has 2 aromatic rings. The average Bonchev–Trinajstić information content (AvgIpc) is 2.85. The third kappa shape index (κ3) is 2.09. The standard InChI is InChI=1S/C14H13BrN2O2S/c15-10-4-6-11(7-5-10)20(18,19)17-9-8-12-13(16)2-1-3-14(12)17/h1-7H,8-9,16H2. The smallest absolute Gasteiger partial charge is 0.264 e. The van der Waals surface area contributed by atoms with E-state index in [-0.39, 0.29) is 4.90 Å². The maximum atomic E-state index is 12.7. The van der Waals surface area contributed by atoms with Crippen LogP contribution in [0.5, 0.6) is 0 Å². The quantitative estimate of drug-likeness (QED) is 0.845. The second kappa shape index (κ2) is 4.79. The van der Waals surface area contributed by atoms with Crippen molar-refractivity contribution in [3.63, 3.8) is 0 Å². The van der Waals surface area contributed by atoms with Crippen LogP contribution in [0.25, 0.3) is 0 Å². The highest BCUT2D eigenvalue weighted by Gasteiger charge is 2.31. The molecule has 0 aromatic heterocycles. The summed E-state index contributed by atoms with van der Waals surface area (Å²) in [5.74, 6) is 0. The van der Waals surface area contributed by atoms with Crippen LogP contribution in [0.4, 0.5) is 11.4 Å². The highest BCUT2D eigenvalue weighted by Crippen LogP contribution is 2.36. The molecule has 3 rings (SSSR count). The molecule has 0 saturated heterocycles. The van der Waals surface area contributed by atoms with Crippen LogP contribution in [-0.2, 0) is 16.4 Å². The molecule has 0 atom stereocenters. The molecular formula is C14H13BrN2O2S. The highest BCUT2D eigenvalue weighted by atomic mass is 79.9. The second-order valence-electron chi connectivity index (χ2n) is 4.63. The zero-order valence-electron chi connectivity index (χ0n) is 10.6. The Kier molecular flexibility index (Phi) is 3.22. The molecule has 0 aliphatic carbocycles. The van der Waals surface area contributed by atoms with Gasteiger partial charge in [0.15, 0.2) is 0 Å². The van der Waals surface area contributed by atoms with Crippen LogP contribution in [0.2, 0.25) is 0 Å². The molecule has 104 valence electrons. The van der Waals surface area contributed by atoms with Gasteiger partial charge >= 0.3 is 0 Å². The van der Waals surface area contributed by atoms with Crippen LogP contribution in [0.3, 0.4) is 0 Å². The fourth-order valence-corrected chi connectivity index (χ4v) is 4.18. The number of sulfonamides is 1. The maximum absolute atomic E-state index is 12.7. The minimum absolute atomic E-state index is 0.288. The Morgan fingerprint density at radius 2 is 1.80 bits per heavy atom. The molecule has 20 heavy (non-hydrogen) atoms. The summed E-state index contributed by atoms with van der Waals surface area (Å²) in [7, 11) is -3.53. The summed E-state index contributed by atoms with van der Waals surface area (Å²) in [4.78, 5) is 0.288. The van der Waals surface area contributed by atoms with Crippen molar-refractivity contribution in [2.45, 2.75) is 11.3 Å². The van der Waals surface area contributed by atoms with E-state index in [4.69, 9.17) is 5.73 Å². The largest absolute Gasteiger partial charge is 0.398 e. The predicted octanol–water partition coefficient (Wildman–Crippen LogP) is 2.78. The molecule has 2 N–H and O–H groups in total. The number of nitrogens with two attached hydrogens (primary N) is 1. The SMILES string of the molecule is Nc1cccc2c1CCN2S(=O)(=O)c1ccc(Br)cc1. The van der Waals surface area contributed by atoms with Crippen molar-refractivity contribution in [1.29, 1.82) is 0 Å². The number of nitrogens with zero attached hydrogens (tertiary/aromatic N) is 1. The van der Waals surface area contributed by atoms with Gasteiger partial charge in [0.25, 0.3) is 10.0 Å². The lowest BCUT2D eigenvalue weighted by Gasteiger charge is -2.19. The van der Waals surface area contributed by atoms with E-state index >= 15 is 0 Å². The molecule has 0 amide bonds. The summed E-state index contributed by atoms with van der Waals surface area (Å²) in [5, 5.41) is 0. The summed E-state index contributed by atoms with van der Waals surface area (Å²) in [5.41, 5.74) is 8.16. The van der Waals surface area contributed by atoms with Crippen LogP contribution in [0.15, 0.2) is 51.8 Å². The molecule has 1 aliphatic heterocycles. The van der Waals surface area contributed by atoms with Crippen LogP contribution in [-0.4, -0.2) is 15.0 Å². The van der Waals surface area contributed by atoms with Crippen LogP contribution < -0.4 is 10.0 Å². The lowest BCUT2D eigenvalue weighted by Crippen LogP contribution is -2.29. The number of rotatable bonds is 2. The topological polar surface area (TPSA) is 63.4 Å². The van der Waals surface area contributed by atoms with Crippen LogP contribution in [0, 0.1) is 0 Å². The van der Waals surface area contributed by atoms with Crippen LogP contribution >= 0.6 is 15.9 Å². The molecule has 0 saturated carbocycles. The van der Waals surface area contributed by atoms with Crippen LogP contribution in [0.1, 0.15) is 5.56 Å². The molecule has 0 radical (unpaired) electrons. The summed E-state index contributed by atoms with van der Waals surface area (Å²) < 4.78 is 27.7. The maximum Gasteiger partial charge on any atom is 0.264 e. The summed E-state index contributed by atoms with van der Waals surface area (Å²) in [6, 6.07) is 12.0. The monoisotopic (exact) mass is 352 g/mol. The van der Waals surface area contributed by atoms with Gasteiger partial charge in [-0.15, -0.1) is 0 Å². The van der Waals surface area contributed by atoms with Gasteiger partial charge in [0, 0.05) is 22.3 Å². The Morgan fingerprint density at radius 1 is 1.10 bits per heavy atom. The zero-order valence-corrected chi connectivity index (χ0v) is 13.0. The third-order valence-electron chi connectivity index (χ3n) is 3.42. The minimum atomic E-state index is -3.53. The fourth-order valence-electron chi connectivity index (χ4n) is 2.42. The lowest BCUT2D eigenvalue weighted by atomic mass is 10.1. The molecular weight excluding hydrogens is 340 g/mol. The Hall–Kier alpha value is -1.53. The van der Waals surface area contributed by atoms with Gasteiger partial charge in [-0.25, -0.2) is 8.42 Å². The molecule has 0 fully saturated rings. The van der Waals surface area contributed by atoms with E-state index in [0.717, 1.165) is 10.0 Å². The van der Waals surface area contributed by atoms with Crippen molar-refractivity contribution in [2.24, 2.45) is 0 Å². The Bertz CT molecular complexity index is 757. The lowest BCUT2D eigenvalue weighted by molar-refractivity contribution is 0.592. The molecule has 4 nitrogen and oxygen atoms in total. The van der Waals surface area contributed by atoms with Crippen molar-refractivity contribution in [1.82, 2.24) is 0 Å². The van der Waals surface area contributed by atoms with Crippen molar-refractivity contribution in [2.75, 3.05) is 16.6 Å². The van der Waals surface area contributed by atoms with Gasteiger partial charge in [-0.1, -0.05) is 22.0 Å². The first-order valence-electron chi connectivity index (χ1n) is 6.16. The van der Waals surface area contributed by atoms with Gasteiger partial charge in [-0.3, -0.25) is 4.31 Å². The molecule has 0 spiro atoms. The van der Waals surface area contributed by atoms with Crippen molar-refractivity contribution in [3.05, 3.63) is 52.5 Å². The molecule has 6 heteroatoms. The summed E-state index contributed by atoms with van der Waals surface area (Å²) in [6.07, 6.45) is 0.651. The number of hydrogen-bond acceptors (Lipinski definition) is 3. The van der Waals surface area contributed by atoms with Crippen molar-refractivity contribution >= 4 is 37.3 Å². The normalized spacial score (nSPS) is 14.3. The van der Waals surface area contributed by atoms with E-state index in [1.54, 1.807) is 42.5 Å². The number of hydrogen-bond donors (Lipinski definition) is 1. The van der Waals surface area contributed by atoms with Gasteiger partial charge in [0.2, 0.25) is 0 Å². The Morgan fingerprint density at radius 3 is 2.50 bits per heavy atom. The number of fused-ring (bicyclic) bond motifs is 1. The highest BCUT2D eigenvalue weighted by molar-refractivity contribution is 9.10. The number of halogens is 1. The van der Waals surface area contributed by atoms with E-state index < -0.39 is 10.0 Å². The van der Waals surface area contributed by atoms with E-state index in [1.165, 1.54) is 4.31 Å². The van der Waals surface area contributed by atoms with Crippen molar-refractivity contribution < 1.29 is 8.42 Å². The first-order chi connectivity index (χ1) is 9.50. The minimum Gasteiger partial charge on any atom is -0.398 e. The third-order valence-corrected chi connectivity index (χ3v) is 5.78. The molecule has 2 aromatic carbocycles. The zero-order chi connectivity index (χ0) is 14.3. The first-order valence-corrected chi connectivity index (χ1v) is 8.39. The molecule has 1 aliphatic rings. The molecule has 0 unspecified atom stereocenters. The van der Waals surface area contributed by atoms with Gasteiger partial charge in [-0.2, -0.15) is 0 Å². The van der Waals surface area contributed by atoms with Crippen molar-refractivity contribution in [3.8, 4) is 0 Å². The second-order valence-corrected chi connectivity index (χ2v) is 7.40.